The van der Waals surface area contributed by atoms with Gasteiger partial charge in [-0.2, -0.15) is 0 Å². The highest BCUT2D eigenvalue weighted by Gasteiger charge is 2.06. The summed E-state index contributed by atoms with van der Waals surface area (Å²) >= 11 is 0. The van der Waals surface area contributed by atoms with Crippen molar-refractivity contribution in [1.29, 1.82) is 0 Å². The molecule has 1 rings (SSSR count). The first-order valence-corrected chi connectivity index (χ1v) is 7.61. The molecule has 4 N–H and O–H groups in total. The molecular formula is C16H23N3O4. The second kappa shape index (κ2) is 10.3. The largest absolute Gasteiger partial charge is 0.355 e. The fourth-order valence-corrected chi connectivity index (χ4v) is 2.09. The Hall–Kier alpha value is -2.41. The van der Waals surface area contributed by atoms with Gasteiger partial charge in [0.1, 0.15) is 0 Å². The standard InChI is InChI=1S/C16H23N3O4/c1-17-16(22)12-7-6-8-13(11-12)18-14(20)9-4-2-3-5-10-15(21)19-23/h6-8,11,23H,2-5,9-10H2,1H3,(H,17,22)(H,18,20)(H,19,21). The molecule has 0 fully saturated rings. The SMILES string of the molecule is CNC(=O)c1cccc(NC(=O)CCCCCCC(=O)NO)c1. The lowest BCUT2D eigenvalue weighted by Crippen LogP contribution is -2.18. The molecule has 0 aliphatic heterocycles. The number of hydrogen-bond donors (Lipinski definition) is 4. The summed E-state index contributed by atoms with van der Waals surface area (Å²) in [5.41, 5.74) is 2.67. The van der Waals surface area contributed by atoms with Crippen LogP contribution in [-0.4, -0.2) is 30.0 Å². The van der Waals surface area contributed by atoms with Crippen LogP contribution in [0.2, 0.25) is 0 Å². The molecule has 0 saturated heterocycles. The van der Waals surface area contributed by atoms with Crippen molar-refractivity contribution in [2.24, 2.45) is 0 Å². The van der Waals surface area contributed by atoms with E-state index in [1.807, 2.05) is 0 Å². The van der Waals surface area contributed by atoms with E-state index in [0.29, 0.717) is 24.1 Å². The van der Waals surface area contributed by atoms with Crippen molar-refractivity contribution in [2.45, 2.75) is 38.5 Å². The van der Waals surface area contributed by atoms with Gasteiger partial charge in [-0.05, 0) is 31.0 Å². The van der Waals surface area contributed by atoms with Gasteiger partial charge in [0.2, 0.25) is 11.8 Å². The predicted octanol–water partition coefficient (Wildman–Crippen LogP) is 1.83. The number of carbonyl (C=O) groups is 3. The second-order valence-corrected chi connectivity index (χ2v) is 5.16. The number of rotatable bonds is 9. The maximum Gasteiger partial charge on any atom is 0.251 e. The van der Waals surface area contributed by atoms with Gasteiger partial charge in [0.15, 0.2) is 0 Å². The van der Waals surface area contributed by atoms with E-state index < -0.39 is 5.91 Å². The molecule has 7 nitrogen and oxygen atoms in total. The molecule has 0 aliphatic rings. The molecule has 0 saturated carbocycles. The van der Waals surface area contributed by atoms with Crippen LogP contribution >= 0.6 is 0 Å². The average molecular weight is 321 g/mol. The van der Waals surface area contributed by atoms with E-state index in [0.717, 1.165) is 19.3 Å². The van der Waals surface area contributed by atoms with Crippen LogP contribution in [0.1, 0.15) is 48.9 Å². The normalized spacial score (nSPS) is 10.0. The molecule has 0 radical (unpaired) electrons. The number of carbonyl (C=O) groups excluding carboxylic acids is 3. The monoisotopic (exact) mass is 321 g/mol. The fourth-order valence-electron chi connectivity index (χ4n) is 2.09. The third-order valence-corrected chi connectivity index (χ3v) is 3.32. The Morgan fingerprint density at radius 2 is 1.65 bits per heavy atom. The molecule has 0 heterocycles. The molecule has 7 heteroatoms. The first-order valence-electron chi connectivity index (χ1n) is 7.61. The minimum Gasteiger partial charge on any atom is -0.355 e. The minimum atomic E-state index is -0.390. The third kappa shape index (κ3) is 7.42. The van der Waals surface area contributed by atoms with E-state index in [9.17, 15) is 14.4 Å². The molecule has 0 aliphatic carbocycles. The van der Waals surface area contributed by atoms with Gasteiger partial charge in [0.05, 0.1) is 0 Å². The predicted molar refractivity (Wildman–Crippen MR) is 86.1 cm³/mol. The van der Waals surface area contributed by atoms with Gasteiger partial charge in [-0.3, -0.25) is 19.6 Å². The number of unbranched alkanes of at least 4 members (excludes halogenated alkanes) is 3. The molecule has 1 aromatic carbocycles. The number of nitrogens with one attached hydrogen (secondary N) is 3. The number of hydrogen-bond acceptors (Lipinski definition) is 4. The molecule has 0 aromatic heterocycles. The molecule has 23 heavy (non-hydrogen) atoms. The Kier molecular flexibility index (Phi) is 8.38. The number of amides is 3. The van der Waals surface area contributed by atoms with Crippen LogP contribution in [0.5, 0.6) is 0 Å². The van der Waals surface area contributed by atoms with Crippen molar-refractivity contribution in [3.63, 3.8) is 0 Å². The van der Waals surface area contributed by atoms with Gasteiger partial charge >= 0.3 is 0 Å². The Morgan fingerprint density at radius 3 is 2.26 bits per heavy atom. The highest BCUT2D eigenvalue weighted by molar-refractivity contribution is 5.97. The van der Waals surface area contributed by atoms with Crippen molar-refractivity contribution in [1.82, 2.24) is 10.8 Å². The first kappa shape index (κ1) is 18.6. The highest BCUT2D eigenvalue weighted by atomic mass is 16.5. The van der Waals surface area contributed by atoms with E-state index in [1.54, 1.807) is 36.8 Å². The lowest BCUT2D eigenvalue weighted by atomic mass is 10.1. The topological polar surface area (TPSA) is 108 Å². The van der Waals surface area contributed by atoms with Gasteiger partial charge in [-0.15, -0.1) is 0 Å². The van der Waals surface area contributed by atoms with E-state index in [4.69, 9.17) is 5.21 Å². The molecule has 0 bridgehead atoms. The fraction of sp³-hybridized carbons (Fsp3) is 0.438. The van der Waals surface area contributed by atoms with Crippen LogP contribution in [0.15, 0.2) is 24.3 Å². The second-order valence-electron chi connectivity index (χ2n) is 5.16. The Labute approximate surface area is 135 Å². The summed E-state index contributed by atoms with van der Waals surface area (Å²) in [6.45, 7) is 0. The summed E-state index contributed by atoms with van der Waals surface area (Å²) in [4.78, 5) is 34.2. The average Bonchev–Trinajstić information content (AvgIpc) is 2.57. The number of anilines is 1. The zero-order valence-electron chi connectivity index (χ0n) is 13.2. The van der Waals surface area contributed by atoms with Crippen molar-refractivity contribution in [2.75, 3.05) is 12.4 Å². The zero-order chi connectivity index (χ0) is 17.1. The molecule has 126 valence electrons. The van der Waals surface area contributed by atoms with Crippen LogP contribution in [0.3, 0.4) is 0 Å². The smallest absolute Gasteiger partial charge is 0.251 e. The van der Waals surface area contributed by atoms with Gasteiger partial charge < -0.3 is 10.6 Å². The number of benzene rings is 1. The van der Waals surface area contributed by atoms with Crippen LogP contribution < -0.4 is 16.1 Å². The molecular weight excluding hydrogens is 298 g/mol. The van der Waals surface area contributed by atoms with Gasteiger partial charge in [0.25, 0.3) is 5.91 Å². The summed E-state index contributed by atoms with van der Waals surface area (Å²) < 4.78 is 0. The number of hydroxylamine groups is 1. The van der Waals surface area contributed by atoms with Gasteiger partial charge in [-0.25, -0.2) is 5.48 Å². The molecule has 3 amide bonds. The summed E-state index contributed by atoms with van der Waals surface area (Å²) in [7, 11) is 1.55. The van der Waals surface area contributed by atoms with E-state index >= 15 is 0 Å². The Bertz CT molecular complexity index is 546. The van der Waals surface area contributed by atoms with Crippen molar-refractivity contribution in [3.8, 4) is 0 Å². The minimum absolute atomic E-state index is 0.104. The molecule has 0 spiro atoms. The van der Waals surface area contributed by atoms with E-state index in [1.165, 1.54) is 0 Å². The Balaban J connectivity index is 2.26. The summed E-state index contributed by atoms with van der Waals surface area (Å²) in [5.74, 6) is -0.695. The lowest BCUT2D eigenvalue weighted by molar-refractivity contribution is -0.129. The molecule has 1 aromatic rings. The van der Waals surface area contributed by atoms with Crippen LogP contribution in [0.25, 0.3) is 0 Å². The first-order chi connectivity index (χ1) is 11.1. The van der Waals surface area contributed by atoms with Crippen molar-refractivity contribution in [3.05, 3.63) is 29.8 Å². The maximum absolute atomic E-state index is 11.8. The summed E-state index contributed by atoms with van der Waals surface area (Å²) in [5, 5.41) is 13.6. The lowest BCUT2D eigenvalue weighted by Gasteiger charge is -2.07. The Morgan fingerprint density at radius 1 is 1.00 bits per heavy atom. The summed E-state index contributed by atoms with van der Waals surface area (Å²) in [6.07, 6.45) is 3.74. The van der Waals surface area contributed by atoms with Crippen molar-refractivity contribution < 1.29 is 19.6 Å². The van der Waals surface area contributed by atoms with E-state index in [-0.39, 0.29) is 18.2 Å². The van der Waals surface area contributed by atoms with Crippen LogP contribution in [0.4, 0.5) is 5.69 Å². The maximum atomic E-state index is 11.8. The van der Waals surface area contributed by atoms with Crippen LogP contribution in [-0.2, 0) is 9.59 Å². The summed E-state index contributed by atoms with van der Waals surface area (Å²) in [6, 6.07) is 6.76. The van der Waals surface area contributed by atoms with E-state index in [2.05, 4.69) is 10.6 Å². The molecule has 0 atom stereocenters. The van der Waals surface area contributed by atoms with Crippen LogP contribution in [0, 0.1) is 0 Å². The van der Waals surface area contributed by atoms with Crippen molar-refractivity contribution >= 4 is 23.4 Å². The van der Waals surface area contributed by atoms with Gasteiger partial charge in [0, 0.05) is 31.1 Å². The zero-order valence-corrected chi connectivity index (χ0v) is 13.2. The molecule has 0 unspecified atom stereocenters. The quantitative estimate of drug-likeness (QED) is 0.316. The highest BCUT2D eigenvalue weighted by Crippen LogP contribution is 2.12. The van der Waals surface area contributed by atoms with Gasteiger partial charge in [-0.1, -0.05) is 18.9 Å². The third-order valence-electron chi connectivity index (χ3n) is 3.32.